The maximum atomic E-state index is 13.0. The second kappa shape index (κ2) is 8.41. The molecule has 0 bridgehead atoms. The molecule has 1 fully saturated rings. The van der Waals surface area contributed by atoms with Gasteiger partial charge in [-0.25, -0.2) is 4.79 Å². The molecule has 4 rings (SSSR count). The lowest BCUT2D eigenvalue weighted by molar-refractivity contribution is -0.137. The number of nitrogens with zero attached hydrogens (tertiary/aromatic N) is 2. The Bertz CT molecular complexity index is 919. The lowest BCUT2D eigenvalue weighted by atomic mass is 9.95. The molecule has 2 aromatic heterocycles. The summed E-state index contributed by atoms with van der Waals surface area (Å²) in [5.74, 6) is -1.45. The van der Waals surface area contributed by atoms with Crippen LogP contribution in [0.3, 0.4) is 0 Å². The highest BCUT2D eigenvalue weighted by molar-refractivity contribution is 7.15. The molecular formula is C21H25N3O4S. The first-order valence-corrected chi connectivity index (χ1v) is 10.9. The molecular weight excluding hydrogens is 390 g/mol. The number of likely N-dealkylation sites (tertiary alicyclic amines) is 1. The van der Waals surface area contributed by atoms with Crippen LogP contribution in [0.4, 0.5) is 0 Å². The summed E-state index contributed by atoms with van der Waals surface area (Å²) in [5.41, 5.74) is 7.03. The molecule has 2 amide bonds. The highest BCUT2D eigenvalue weighted by atomic mass is 32.1. The third-order valence-electron chi connectivity index (χ3n) is 5.70. The third kappa shape index (κ3) is 4.07. The van der Waals surface area contributed by atoms with E-state index in [0.717, 1.165) is 42.7 Å². The average molecular weight is 416 g/mol. The molecule has 1 aliphatic carbocycles. The first-order valence-electron chi connectivity index (χ1n) is 10.1. The maximum Gasteiger partial charge on any atom is 0.341 e. The van der Waals surface area contributed by atoms with Gasteiger partial charge in [-0.15, -0.1) is 11.3 Å². The molecule has 2 aromatic rings. The van der Waals surface area contributed by atoms with E-state index in [2.05, 4.69) is 0 Å². The lowest BCUT2D eigenvalue weighted by Crippen LogP contribution is -2.45. The molecule has 1 aliphatic heterocycles. The van der Waals surface area contributed by atoms with Crippen LogP contribution in [0.2, 0.25) is 0 Å². The predicted molar refractivity (Wildman–Crippen MR) is 109 cm³/mol. The summed E-state index contributed by atoms with van der Waals surface area (Å²) in [6, 6.07) is 3.84. The van der Waals surface area contributed by atoms with Crippen molar-refractivity contribution in [1.82, 2.24) is 9.47 Å². The van der Waals surface area contributed by atoms with Crippen molar-refractivity contribution in [2.45, 2.75) is 38.5 Å². The van der Waals surface area contributed by atoms with Crippen LogP contribution in [0.25, 0.3) is 5.00 Å². The van der Waals surface area contributed by atoms with E-state index in [1.807, 2.05) is 29.1 Å². The number of amides is 2. The minimum atomic E-state index is -0.454. The molecule has 0 spiro atoms. The molecule has 154 valence electrons. The Morgan fingerprint density at radius 2 is 1.90 bits per heavy atom. The summed E-state index contributed by atoms with van der Waals surface area (Å²) < 4.78 is 7.38. The van der Waals surface area contributed by atoms with Crippen LogP contribution in [0.1, 0.15) is 46.5 Å². The Morgan fingerprint density at radius 1 is 1.14 bits per heavy atom. The zero-order valence-electron chi connectivity index (χ0n) is 16.3. The van der Waals surface area contributed by atoms with Gasteiger partial charge in [-0.1, -0.05) is 0 Å². The van der Waals surface area contributed by atoms with Crippen molar-refractivity contribution in [3.8, 4) is 5.00 Å². The first kappa shape index (κ1) is 19.7. The molecule has 1 atom stereocenters. The van der Waals surface area contributed by atoms with Crippen molar-refractivity contribution < 1.29 is 19.1 Å². The van der Waals surface area contributed by atoms with Crippen LogP contribution in [0.15, 0.2) is 24.5 Å². The van der Waals surface area contributed by atoms with E-state index in [-0.39, 0.29) is 24.3 Å². The number of nitrogens with two attached hydrogens (primary N) is 1. The molecule has 7 nitrogen and oxygen atoms in total. The summed E-state index contributed by atoms with van der Waals surface area (Å²) in [5, 5.41) is 0.853. The Balaban J connectivity index is 1.48. The minimum Gasteiger partial charge on any atom is -0.452 e. The Morgan fingerprint density at radius 3 is 2.66 bits per heavy atom. The smallest absolute Gasteiger partial charge is 0.341 e. The number of carbonyl (C=O) groups is 3. The van der Waals surface area contributed by atoms with Crippen LogP contribution < -0.4 is 5.73 Å². The summed E-state index contributed by atoms with van der Waals surface area (Å²) in [7, 11) is 0. The van der Waals surface area contributed by atoms with Crippen molar-refractivity contribution >= 4 is 29.1 Å². The second-order valence-electron chi connectivity index (χ2n) is 7.64. The fourth-order valence-corrected chi connectivity index (χ4v) is 5.48. The summed E-state index contributed by atoms with van der Waals surface area (Å²) in [6.07, 6.45) is 9.26. The Labute approximate surface area is 173 Å². The van der Waals surface area contributed by atoms with Gasteiger partial charge in [0.2, 0.25) is 5.91 Å². The molecule has 0 saturated carbocycles. The van der Waals surface area contributed by atoms with E-state index in [0.29, 0.717) is 25.1 Å². The van der Waals surface area contributed by atoms with Gasteiger partial charge >= 0.3 is 5.97 Å². The van der Waals surface area contributed by atoms with Gasteiger partial charge < -0.3 is 19.9 Å². The van der Waals surface area contributed by atoms with E-state index < -0.39 is 5.97 Å². The van der Waals surface area contributed by atoms with Gasteiger partial charge in [-0.3, -0.25) is 9.59 Å². The third-order valence-corrected chi connectivity index (χ3v) is 7.00. The van der Waals surface area contributed by atoms with Crippen molar-refractivity contribution in [2.24, 2.45) is 11.7 Å². The van der Waals surface area contributed by atoms with Crippen LogP contribution >= 0.6 is 11.3 Å². The SMILES string of the molecule is NC(=O)[C@H]1CCCN(C(=O)COC(=O)c2c(-n3cccc3)sc3c2CCCC3)C1. The quantitative estimate of drug-likeness (QED) is 0.758. The average Bonchev–Trinajstić information content (AvgIpc) is 3.39. The lowest BCUT2D eigenvalue weighted by Gasteiger charge is -2.31. The zero-order valence-corrected chi connectivity index (χ0v) is 17.1. The predicted octanol–water partition coefficient (Wildman–Crippen LogP) is 2.30. The molecule has 3 heterocycles. The first-order chi connectivity index (χ1) is 14.0. The van der Waals surface area contributed by atoms with E-state index >= 15 is 0 Å². The number of thiophene rings is 1. The maximum absolute atomic E-state index is 13.0. The molecule has 2 N–H and O–H groups in total. The molecule has 0 aromatic carbocycles. The number of rotatable bonds is 5. The number of aromatic nitrogens is 1. The van der Waals surface area contributed by atoms with Crippen molar-refractivity contribution in [2.75, 3.05) is 19.7 Å². The number of hydrogen-bond donors (Lipinski definition) is 1. The van der Waals surface area contributed by atoms with Gasteiger partial charge in [-0.2, -0.15) is 0 Å². The molecule has 2 aliphatic rings. The van der Waals surface area contributed by atoms with Gasteiger partial charge in [0.25, 0.3) is 5.91 Å². The molecule has 0 radical (unpaired) electrons. The number of piperidine rings is 1. The summed E-state index contributed by atoms with van der Waals surface area (Å²) >= 11 is 1.63. The van der Waals surface area contributed by atoms with Crippen LogP contribution in [-0.2, 0) is 27.2 Å². The monoisotopic (exact) mass is 415 g/mol. The summed E-state index contributed by atoms with van der Waals surface area (Å²) in [6.45, 7) is 0.539. The van der Waals surface area contributed by atoms with Gasteiger partial charge in [0.1, 0.15) is 5.00 Å². The molecule has 0 unspecified atom stereocenters. The normalized spacial score (nSPS) is 18.9. The van der Waals surface area contributed by atoms with Gasteiger partial charge in [0.05, 0.1) is 11.5 Å². The fourth-order valence-electron chi connectivity index (χ4n) is 4.14. The van der Waals surface area contributed by atoms with Gasteiger partial charge in [-0.05, 0) is 56.2 Å². The standard InChI is InChI=1S/C21H25N3O4S/c22-19(26)14-6-5-11-24(12-14)17(25)13-28-21(27)18-15-7-1-2-8-16(15)29-20(18)23-9-3-4-10-23/h3-4,9-10,14H,1-2,5-8,11-13H2,(H2,22,26)/t14-/m0/s1. The summed E-state index contributed by atoms with van der Waals surface area (Å²) in [4.78, 5) is 39.8. The highest BCUT2D eigenvalue weighted by Gasteiger charge is 2.30. The number of fused-ring (bicyclic) bond motifs is 1. The Kier molecular flexibility index (Phi) is 5.71. The van der Waals surface area contributed by atoms with Crippen molar-refractivity contribution in [1.29, 1.82) is 0 Å². The van der Waals surface area contributed by atoms with E-state index in [9.17, 15) is 14.4 Å². The van der Waals surface area contributed by atoms with E-state index in [1.54, 1.807) is 16.2 Å². The molecule has 29 heavy (non-hydrogen) atoms. The second-order valence-corrected chi connectivity index (χ2v) is 8.72. The number of hydrogen-bond acceptors (Lipinski definition) is 5. The van der Waals surface area contributed by atoms with Crippen LogP contribution in [0.5, 0.6) is 0 Å². The fraction of sp³-hybridized carbons (Fsp3) is 0.476. The zero-order chi connectivity index (χ0) is 20.4. The number of aryl methyl sites for hydroxylation is 1. The number of primary amides is 1. The van der Waals surface area contributed by atoms with Crippen LogP contribution in [0, 0.1) is 5.92 Å². The van der Waals surface area contributed by atoms with E-state index in [4.69, 9.17) is 10.5 Å². The largest absolute Gasteiger partial charge is 0.452 e. The number of ether oxygens (including phenoxy) is 1. The Hall–Kier alpha value is -2.61. The van der Waals surface area contributed by atoms with Crippen LogP contribution in [-0.4, -0.2) is 46.9 Å². The molecule has 8 heteroatoms. The number of esters is 1. The van der Waals surface area contributed by atoms with Crippen molar-refractivity contribution in [3.05, 3.63) is 40.5 Å². The van der Waals surface area contributed by atoms with Crippen molar-refractivity contribution in [3.63, 3.8) is 0 Å². The van der Waals surface area contributed by atoms with Gasteiger partial charge in [0, 0.05) is 30.4 Å². The number of carbonyl (C=O) groups excluding carboxylic acids is 3. The molecule has 1 saturated heterocycles. The van der Waals surface area contributed by atoms with E-state index in [1.165, 1.54) is 4.88 Å². The topological polar surface area (TPSA) is 94.6 Å². The highest BCUT2D eigenvalue weighted by Crippen LogP contribution is 2.37. The van der Waals surface area contributed by atoms with Gasteiger partial charge in [0.15, 0.2) is 6.61 Å². The minimum absolute atomic E-state index is 0.282.